The van der Waals surface area contributed by atoms with E-state index in [0.717, 1.165) is 16.7 Å². The Labute approximate surface area is 150 Å². The summed E-state index contributed by atoms with van der Waals surface area (Å²) in [5.41, 5.74) is 2.58. The maximum absolute atomic E-state index is 12.6. The summed E-state index contributed by atoms with van der Waals surface area (Å²) in [5.74, 6) is -0.134. The molecule has 134 valence electrons. The van der Waals surface area contributed by atoms with Crippen LogP contribution < -0.4 is 0 Å². The zero-order chi connectivity index (χ0) is 18.8. The molecule has 0 saturated heterocycles. The van der Waals surface area contributed by atoms with Crippen molar-refractivity contribution < 1.29 is 14.3 Å². The molecule has 3 atom stereocenters. The van der Waals surface area contributed by atoms with Crippen LogP contribution in [-0.4, -0.2) is 17.9 Å². The summed E-state index contributed by atoms with van der Waals surface area (Å²) in [6.45, 7) is 15.4. The van der Waals surface area contributed by atoms with Gasteiger partial charge < -0.3 is 4.74 Å². The summed E-state index contributed by atoms with van der Waals surface area (Å²) in [7, 11) is 0. The van der Waals surface area contributed by atoms with Crippen molar-refractivity contribution in [1.29, 1.82) is 0 Å². The minimum absolute atomic E-state index is 0.0676. The molecule has 0 aliphatic heterocycles. The van der Waals surface area contributed by atoms with E-state index < -0.39 is 6.10 Å². The van der Waals surface area contributed by atoms with E-state index in [0.29, 0.717) is 6.42 Å². The monoisotopic (exact) mass is 340 g/mol. The molecule has 0 N–H and O–H groups in total. The fraction of sp³-hybridized carbons (Fsp3) is 0.455. The van der Waals surface area contributed by atoms with E-state index in [4.69, 9.17) is 4.74 Å². The molecule has 0 aromatic rings. The van der Waals surface area contributed by atoms with Crippen LogP contribution in [0.5, 0.6) is 0 Å². The highest BCUT2D eigenvalue weighted by molar-refractivity contribution is 6.00. The minimum atomic E-state index is -0.423. The van der Waals surface area contributed by atoms with Crippen LogP contribution in [0.25, 0.3) is 0 Å². The number of carbonyl (C=O) groups excluding carboxylic acids is 2. The first-order valence-electron chi connectivity index (χ1n) is 8.75. The Morgan fingerprint density at radius 3 is 2.64 bits per heavy atom. The molecule has 0 spiro atoms. The standard InChI is InChI=1S/C22H28O3/c1-7-9-10-11-16-15(4)19(13-18(16)23)25-21(24)20-17(22(20,5)6)12-14(3)8-2/h7-10,12,17,19-20H,1-2,11,13H2,3-6H3/b10-9+,14-12+. The molecule has 0 amide bonds. The van der Waals surface area contributed by atoms with Crippen molar-refractivity contribution in [3.63, 3.8) is 0 Å². The lowest BCUT2D eigenvalue weighted by atomic mass is 10.1. The predicted molar refractivity (Wildman–Crippen MR) is 101 cm³/mol. The molecular formula is C22H28O3. The van der Waals surface area contributed by atoms with Crippen molar-refractivity contribution >= 4 is 11.8 Å². The van der Waals surface area contributed by atoms with Gasteiger partial charge in [-0.15, -0.1) is 0 Å². The second-order valence-corrected chi connectivity index (χ2v) is 7.52. The Morgan fingerprint density at radius 1 is 1.36 bits per heavy atom. The van der Waals surface area contributed by atoms with Crippen LogP contribution in [0.1, 0.15) is 40.5 Å². The highest BCUT2D eigenvalue weighted by atomic mass is 16.5. The topological polar surface area (TPSA) is 43.4 Å². The van der Waals surface area contributed by atoms with Gasteiger partial charge in [0.1, 0.15) is 6.10 Å². The molecule has 0 heterocycles. The Morgan fingerprint density at radius 2 is 2.04 bits per heavy atom. The van der Waals surface area contributed by atoms with Gasteiger partial charge >= 0.3 is 5.97 Å². The third-order valence-electron chi connectivity index (χ3n) is 5.45. The molecule has 3 unspecified atom stereocenters. The van der Waals surface area contributed by atoms with Crippen LogP contribution in [0.3, 0.4) is 0 Å². The third kappa shape index (κ3) is 3.92. The minimum Gasteiger partial charge on any atom is -0.457 e. The Hall–Kier alpha value is -2.16. The summed E-state index contributed by atoms with van der Waals surface area (Å²) < 4.78 is 5.72. The highest BCUT2D eigenvalue weighted by Crippen LogP contribution is 2.60. The summed E-state index contributed by atoms with van der Waals surface area (Å²) >= 11 is 0. The molecule has 2 aliphatic carbocycles. The first-order valence-corrected chi connectivity index (χ1v) is 8.75. The van der Waals surface area contributed by atoms with Crippen LogP contribution in [0.2, 0.25) is 0 Å². The second kappa shape index (κ2) is 7.38. The van der Waals surface area contributed by atoms with Crippen LogP contribution >= 0.6 is 0 Å². The number of ketones is 1. The Kier molecular flexibility index (Phi) is 5.66. The molecule has 0 bridgehead atoms. The van der Waals surface area contributed by atoms with E-state index in [1.807, 2.05) is 26.0 Å². The molecular weight excluding hydrogens is 312 g/mol. The quantitative estimate of drug-likeness (QED) is 0.497. The number of hydrogen-bond acceptors (Lipinski definition) is 3. The van der Waals surface area contributed by atoms with Crippen molar-refractivity contribution in [2.75, 3.05) is 0 Å². The molecule has 1 saturated carbocycles. The van der Waals surface area contributed by atoms with E-state index in [2.05, 4.69) is 33.1 Å². The average molecular weight is 340 g/mol. The molecule has 25 heavy (non-hydrogen) atoms. The zero-order valence-corrected chi connectivity index (χ0v) is 15.7. The number of Topliss-reactive ketones (excluding diaryl/α,β-unsaturated/α-hetero) is 1. The lowest BCUT2D eigenvalue weighted by molar-refractivity contribution is -0.150. The van der Waals surface area contributed by atoms with Gasteiger partial charge in [0, 0.05) is 5.57 Å². The fourth-order valence-electron chi connectivity index (χ4n) is 3.55. The molecule has 0 radical (unpaired) electrons. The van der Waals surface area contributed by atoms with E-state index in [1.165, 1.54) is 0 Å². The molecule has 1 fully saturated rings. The number of allylic oxidation sites excluding steroid dienone is 7. The predicted octanol–water partition coefficient (Wildman–Crippen LogP) is 4.72. The number of carbonyl (C=O) groups is 2. The summed E-state index contributed by atoms with van der Waals surface area (Å²) in [4.78, 5) is 24.8. The van der Waals surface area contributed by atoms with Gasteiger partial charge in [0.15, 0.2) is 5.78 Å². The summed E-state index contributed by atoms with van der Waals surface area (Å²) in [5, 5.41) is 0. The van der Waals surface area contributed by atoms with Crippen LogP contribution in [0.15, 0.2) is 60.3 Å². The maximum Gasteiger partial charge on any atom is 0.310 e. The fourth-order valence-corrected chi connectivity index (χ4v) is 3.55. The van der Waals surface area contributed by atoms with Gasteiger partial charge in [0.2, 0.25) is 0 Å². The van der Waals surface area contributed by atoms with Gasteiger partial charge in [-0.1, -0.05) is 63.0 Å². The zero-order valence-electron chi connectivity index (χ0n) is 15.7. The van der Waals surface area contributed by atoms with Crippen LogP contribution in [-0.2, 0) is 14.3 Å². The number of hydrogen-bond donors (Lipinski definition) is 0. The van der Waals surface area contributed by atoms with Gasteiger partial charge in [-0.3, -0.25) is 9.59 Å². The van der Waals surface area contributed by atoms with Gasteiger partial charge in [0.05, 0.1) is 12.3 Å². The number of ether oxygens (including phenoxy) is 1. The van der Waals surface area contributed by atoms with Crippen molar-refractivity contribution in [2.24, 2.45) is 17.3 Å². The smallest absolute Gasteiger partial charge is 0.310 e. The lowest BCUT2D eigenvalue weighted by Gasteiger charge is -2.13. The van der Waals surface area contributed by atoms with Crippen molar-refractivity contribution in [1.82, 2.24) is 0 Å². The molecule has 3 heteroatoms. The van der Waals surface area contributed by atoms with Crippen LogP contribution in [0, 0.1) is 17.3 Å². The normalized spacial score (nSPS) is 28.4. The van der Waals surface area contributed by atoms with Gasteiger partial charge in [-0.25, -0.2) is 0 Å². The molecule has 3 nitrogen and oxygen atoms in total. The first kappa shape index (κ1) is 19.2. The Bertz CT molecular complexity index is 688. The highest BCUT2D eigenvalue weighted by Gasteiger charge is 2.61. The van der Waals surface area contributed by atoms with Gasteiger partial charge in [-0.05, 0) is 37.2 Å². The average Bonchev–Trinajstić information content (AvgIpc) is 2.98. The van der Waals surface area contributed by atoms with Gasteiger partial charge in [0.25, 0.3) is 0 Å². The van der Waals surface area contributed by atoms with Crippen molar-refractivity contribution in [3.05, 3.63) is 60.3 Å². The molecule has 2 rings (SSSR count). The largest absolute Gasteiger partial charge is 0.457 e. The van der Waals surface area contributed by atoms with E-state index in [1.54, 1.807) is 12.2 Å². The SMILES string of the molecule is C=C/C=C/CC1=C(C)C(OC(=O)C2C(/C=C(\C)C=C)C2(C)C)CC1=O. The second-order valence-electron chi connectivity index (χ2n) is 7.52. The van der Waals surface area contributed by atoms with Gasteiger partial charge in [-0.2, -0.15) is 0 Å². The summed E-state index contributed by atoms with van der Waals surface area (Å²) in [6.07, 6.45) is 9.68. The number of esters is 1. The Balaban J connectivity index is 2.06. The molecule has 2 aliphatic rings. The lowest BCUT2D eigenvalue weighted by Crippen LogP contribution is -2.20. The van der Waals surface area contributed by atoms with Crippen molar-refractivity contribution in [2.45, 2.75) is 46.6 Å². The van der Waals surface area contributed by atoms with Crippen molar-refractivity contribution in [3.8, 4) is 0 Å². The maximum atomic E-state index is 12.6. The van der Waals surface area contributed by atoms with Crippen LogP contribution in [0.4, 0.5) is 0 Å². The third-order valence-corrected chi connectivity index (χ3v) is 5.45. The van der Waals surface area contributed by atoms with E-state index in [-0.39, 0.29) is 35.4 Å². The first-order chi connectivity index (χ1) is 11.7. The summed E-state index contributed by atoms with van der Waals surface area (Å²) in [6, 6.07) is 0. The van der Waals surface area contributed by atoms with E-state index in [9.17, 15) is 9.59 Å². The van der Waals surface area contributed by atoms with E-state index >= 15 is 0 Å². The molecule has 0 aromatic carbocycles. The number of rotatable bonds is 7. The molecule has 0 aromatic heterocycles.